The van der Waals surface area contributed by atoms with Crippen molar-refractivity contribution < 1.29 is 19.1 Å². The first-order valence-corrected chi connectivity index (χ1v) is 9.27. The van der Waals surface area contributed by atoms with Gasteiger partial charge in [-0.05, 0) is 49.2 Å². The molecule has 0 unspecified atom stereocenters. The number of hydrogen-bond donors (Lipinski definition) is 3. The number of hydrogen-bond acceptors (Lipinski definition) is 4. The largest absolute Gasteiger partial charge is 0.484 e. The third-order valence-corrected chi connectivity index (χ3v) is 4.19. The number of amides is 3. The normalized spacial score (nSPS) is 12.8. The minimum Gasteiger partial charge on any atom is -0.484 e. The van der Waals surface area contributed by atoms with Gasteiger partial charge in [0.05, 0.1) is 0 Å². The maximum absolute atomic E-state index is 12.1. The van der Waals surface area contributed by atoms with Crippen LogP contribution < -0.4 is 20.7 Å². The molecular formula is C21H23N3O4. The molecule has 3 amide bonds. The minimum atomic E-state index is -0.308. The van der Waals surface area contributed by atoms with E-state index in [0.29, 0.717) is 29.2 Å². The standard InChI is InChI=1S/C21H23N3O4/c1-2-19(25)22-15-8-10-16(11-9-15)23-20(26)13-28-18-5-3-4-17(12-18)24-21(27)14-6-7-14/h3-5,8-12,14H,2,6-7,13H2,1H3,(H,22,25)(H,23,26)(H,24,27). The third-order valence-electron chi connectivity index (χ3n) is 4.19. The Hall–Kier alpha value is -3.35. The fourth-order valence-corrected chi connectivity index (χ4v) is 2.49. The van der Waals surface area contributed by atoms with Crippen molar-refractivity contribution in [2.24, 2.45) is 5.92 Å². The van der Waals surface area contributed by atoms with E-state index in [4.69, 9.17) is 4.74 Å². The summed E-state index contributed by atoms with van der Waals surface area (Å²) in [5.74, 6) is 0.269. The molecule has 1 aliphatic rings. The molecule has 2 aromatic carbocycles. The highest BCUT2D eigenvalue weighted by Gasteiger charge is 2.29. The van der Waals surface area contributed by atoms with Crippen molar-refractivity contribution in [3.05, 3.63) is 48.5 Å². The van der Waals surface area contributed by atoms with E-state index >= 15 is 0 Å². The van der Waals surface area contributed by atoms with Crippen LogP contribution in [0.3, 0.4) is 0 Å². The molecule has 0 radical (unpaired) electrons. The Bertz CT molecular complexity index is 860. The van der Waals surface area contributed by atoms with Crippen LogP contribution in [-0.2, 0) is 14.4 Å². The summed E-state index contributed by atoms with van der Waals surface area (Å²) >= 11 is 0. The predicted molar refractivity (Wildman–Crippen MR) is 107 cm³/mol. The number of nitrogens with one attached hydrogen (secondary N) is 3. The van der Waals surface area contributed by atoms with Gasteiger partial charge in [-0.1, -0.05) is 13.0 Å². The van der Waals surface area contributed by atoms with Gasteiger partial charge in [-0.15, -0.1) is 0 Å². The van der Waals surface area contributed by atoms with Crippen LogP contribution in [0.2, 0.25) is 0 Å². The molecule has 0 saturated heterocycles. The van der Waals surface area contributed by atoms with E-state index in [9.17, 15) is 14.4 Å². The van der Waals surface area contributed by atoms with E-state index in [0.717, 1.165) is 12.8 Å². The van der Waals surface area contributed by atoms with Crippen LogP contribution in [-0.4, -0.2) is 24.3 Å². The molecular weight excluding hydrogens is 358 g/mol. The lowest BCUT2D eigenvalue weighted by atomic mass is 10.2. The minimum absolute atomic E-state index is 0.0217. The molecule has 0 aromatic heterocycles. The van der Waals surface area contributed by atoms with E-state index in [2.05, 4.69) is 16.0 Å². The van der Waals surface area contributed by atoms with Gasteiger partial charge in [0.2, 0.25) is 11.8 Å². The van der Waals surface area contributed by atoms with Crippen LogP contribution in [0, 0.1) is 5.92 Å². The molecule has 7 heteroatoms. The van der Waals surface area contributed by atoms with E-state index in [-0.39, 0.29) is 30.2 Å². The summed E-state index contributed by atoms with van der Waals surface area (Å²) < 4.78 is 5.51. The zero-order valence-corrected chi connectivity index (χ0v) is 15.7. The van der Waals surface area contributed by atoms with Crippen molar-refractivity contribution in [2.45, 2.75) is 26.2 Å². The van der Waals surface area contributed by atoms with Crippen LogP contribution in [0.25, 0.3) is 0 Å². The lowest BCUT2D eigenvalue weighted by Gasteiger charge is -2.10. The van der Waals surface area contributed by atoms with Crippen LogP contribution in [0.4, 0.5) is 17.1 Å². The van der Waals surface area contributed by atoms with E-state index in [1.165, 1.54) is 0 Å². The smallest absolute Gasteiger partial charge is 0.262 e. The highest BCUT2D eigenvalue weighted by molar-refractivity contribution is 5.94. The van der Waals surface area contributed by atoms with E-state index in [1.807, 2.05) is 0 Å². The van der Waals surface area contributed by atoms with Crippen molar-refractivity contribution in [1.82, 2.24) is 0 Å². The van der Waals surface area contributed by atoms with Crippen molar-refractivity contribution in [3.63, 3.8) is 0 Å². The topological polar surface area (TPSA) is 96.5 Å². The van der Waals surface area contributed by atoms with E-state index < -0.39 is 0 Å². The molecule has 146 valence electrons. The van der Waals surface area contributed by atoms with Crippen LogP contribution in [0.5, 0.6) is 5.75 Å². The summed E-state index contributed by atoms with van der Waals surface area (Å²) in [6.07, 6.45) is 2.28. The molecule has 0 aliphatic heterocycles. The molecule has 0 bridgehead atoms. The summed E-state index contributed by atoms with van der Waals surface area (Å²) in [5, 5.41) is 8.32. The number of anilines is 3. The Kier molecular flexibility index (Phi) is 6.26. The summed E-state index contributed by atoms with van der Waals surface area (Å²) in [6.45, 7) is 1.62. The second kappa shape index (κ2) is 9.03. The highest BCUT2D eigenvalue weighted by Crippen LogP contribution is 2.30. The van der Waals surface area contributed by atoms with Gasteiger partial charge in [-0.25, -0.2) is 0 Å². The van der Waals surface area contributed by atoms with Crippen LogP contribution >= 0.6 is 0 Å². The Balaban J connectivity index is 1.47. The number of carbonyl (C=O) groups is 3. The first-order chi connectivity index (χ1) is 13.5. The Morgan fingerprint density at radius 3 is 2.14 bits per heavy atom. The Labute approximate surface area is 163 Å². The van der Waals surface area contributed by atoms with Gasteiger partial charge in [-0.2, -0.15) is 0 Å². The van der Waals surface area contributed by atoms with Crippen molar-refractivity contribution in [3.8, 4) is 5.75 Å². The molecule has 1 saturated carbocycles. The molecule has 1 fully saturated rings. The van der Waals surface area contributed by atoms with Crippen molar-refractivity contribution in [1.29, 1.82) is 0 Å². The highest BCUT2D eigenvalue weighted by atomic mass is 16.5. The Morgan fingerprint density at radius 2 is 1.54 bits per heavy atom. The quantitative estimate of drug-likeness (QED) is 0.653. The van der Waals surface area contributed by atoms with Crippen molar-refractivity contribution in [2.75, 3.05) is 22.6 Å². The number of carbonyl (C=O) groups excluding carboxylic acids is 3. The van der Waals surface area contributed by atoms with E-state index in [1.54, 1.807) is 55.5 Å². The molecule has 1 aliphatic carbocycles. The van der Waals surface area contributed by atoms with Gasteiger partial charge in [0.1, 0.15) is 5.75 Å². The number of rotatable bonds is 8. The van der Waals surface area contributed by atoms with Crippen molar-refractivity contribution >= 4 is 34.8 Å². The SMILES string of the molecule is CCC(=O)Nc1ccc(NC(=O)COc2cccc(NC(=O)C3CC3)c2)cc1. The maximum Gasteiger partial charge on any atom is 0.262 e. The number of ether oxygens (including phenoxy) is 1. The monoisotopic (exact) mass is 381 g/mol. The molecule has 0 atom stereocenters. The van der Waals surface area contributed by atoms with Gasteiger partial charge < -0.3 is 20.7 Å². The third kappa shape index (κ3) is 5.84. The second-order valence-corrected chi connectivity index (χ2v) is 6.61. The number of benzene rings is 2. The first kappa shape index (κ1) is 19.4. The van der Waals surface area contributed by atoms with Gasteiger partial charge in [0.15, 0.2) is 6.61 Å². The predicted octanol–water partition coefficient (Wildman–Crippen LogP) is 3.40. The fraction of sp³-hybridized carbons (Fsp3) is 0.286. The van der Waals surface area contributed by atoms with Crippen LogP contribution in [0.15, 0.2) is 48.5 Å². The molecule has 0 spiro atoms. The van der Waals surface area contributed by atoms with Gasteiger partial charge in [-0.3, -0.25) is 14.4 Å². The van der Waals surface area contributed by atoms with Crippen LogP contribution in [0.1, 0.15) is 26.2 Å². The zero-order chi connectivity index (χ0) is 19.9. The molecule has 3 N–H and O–H groups in total. The van der Waals surface area contributed by atoms with Gasteiger partial charge in [0, 0.05) is 35.5 Å². The molecule has 7 nitrogen and oxygen atoms in total. The lowest BCUT2D eigenvalue weighted by Crippen LogP contribution is -2.20. The lowest BCUT2D eigenvalue weighted by molar-refractivity contribution is -0.118. The Morgan fingerprint density at radius 1 is 0.893 bits per heavy atom. The average molecular weight is 381 g/mol. The zero-order valence-electron chi connectivity index (χ0n) is 15.7. The molecule has 3 rings (SSSR count). The second-order valence-electron chi connectivity index (χ2n) is 6.61. The molecule has 28 heavy (non-hydrogen) atoms. The first-order valence-electron chi connectivity index (χ1n) is 9.27. The summed E-state index contributed by atoms with van der Waals surface area (Å²) in [6, 6.07) is 13.8. The average Bonchev–Trinajstić information content (AvgIpc) is 3.53. The summed E-state index contributed by atoms with van der Waals surface area (Å²) in [5.41, 5.74) is 1.93. The molecule has 2 aromatic rings. The summed E-state index contributed by atoms with van der Waals surface area (Å²) in [7, 11) is 0. The fourth-order valence-electron chi connectivity index (χ4n) is 2.49. The van der Waals surface area contributed by atoms with Gasteiger partial charge in [0.25, 0.3) is 5.91 Å². The maximum atomic E-state index is 12.1. The van der Waals surface area contributed by atoms with Gasteiger partial charge >= 0.3 is 0 Å². The molecule has 0 heterocycles. The summed E-state index contributed by atoms with van der Waals surface area (Å²) in [4.78, 5) is 35.3.